The van der Waals surface area contributed by atoms with Crippen LogP contribution in [-0.4, -0.2) is 37.1 Å². The van der Waals surface area contributed by atoms with Crippen molar-refractivity contribution in [3.05, 3.63) is 0 Å². The van der Waals surface area contributed by atoms with E-state index in [0.717, 1.165) is 25.0 Å². The number of hydrogen-bond donors (Lipinski definition) is 1. The summed E-state index contributed by atoms with van der Waals surface area (Å²) in [6.07, 6.45) is 3.88. The molecule has 0 aliphatic heterocycles. The van der Waals surface area contributed by atoms with Crippen molar-refractivity contribution in [1.29, 1.82) is 0 Å². The molecule has 0 radical (unpaired) electrons. The third-order valence-electron chi connectivity index (χ3n) is 3.14. The van der Waals surface area contributed by atoms with Crippen LogP contribution in [0, 0.1) is 5.92 Å². The van der Waals surface area contributed by atoms with Gasteiger partial charge in [0.1, 0.15) is 0 Å². The van der Waals surface area contributed by atoms with Gasteiger partial charge < -0.3 is 5.32 Å². The molecule has 16 heavy (non-hydrogen) atoms. The van der Waals surface area contributed by atoms with Gasteiger partial charge in [0.25, 0.3) is 0 Å². The summed E-state index contributed by atoms with van der Waals surface area (Å²) in [5.74, 6) is 0.757. The molecular formula is C14H32N2. The lowest BCUT2D eigenvalue weighted by atomic mass is 10.2. The molecule has 0 bridgehead atoms. The Hall–Kier alpha value is -0.0800. The number of nitrogens with one attached hydrogen (secondary N) is 1. The molecule has 2 nitrogen and oxygen atoms in total. The molecule has 0 fully saturated rings. The van der Waals surface area contributed by atoms with Gasteiger partial charge in [-0.05, 0) is 38.8 Å². The zero-order chi connectivity index (χ0) is 12.4. The monoisotopic (exact) mass is 228 g/mol. The quantitative estimate of drug-likeness (QED) is 0.578. The van der Waals surface area contributed by atoms with Crippen LogP contribution in [0.25, 0.3) is 0 Å². The number of hydrogen-bond acceptors (Lipinski definition) is 2. The van der Waals surface area contributed by atoms with Gasteiger partial charge in [-0.2, -0.15) is 0 Å². The average Bonchev–Trinajstić information content (AvgIpc) is 2.26. The Bertz CT molecular complexity index is 146. The Kier molecular flexibility index (Phi) is 10.0. The second kappa shape index (κ2) is 10.1. The molecule has 0 aromatic rings. The van der Waals surface area contributed by atoms with E-state index in [9.17, 15) is 0 Å². The maximum atomic E-state index is 3.53. The van der Waals surface area contributed by atoms with Crippen molar-refractivity contribution in [3.8, 4) is 0 Å². The summed E-state index contributed by atoms with van der Waals surface area (Å²) in [6.45, 7) is 16.1. The Morgan fingerprint density at radius 1 is 1.06 bits per heavy atom. The molecule has 0 aromatic heterocycles. The minimum Gasteiger partial charge on any atom is -0.315 e. The first-order valence-corrected chi connectivity index (χ1v) is 7.06. The summed E-state index contributed by atoms with van der Waals surface area (Å²) < 4.78 is 0. The van der Waals surface area contributed by atoms with Gasteiger partial charge in [-0.25, -0.2) is 0 Å². The fraction of sp³-hybridized carbons (Fsp3) is 1.00. The highest BCUT2D eigenvalue weighted by Crippen LogP contribution is 2.04. The lowest BCUT2D eigenvalue weighted by Crippen LogP contribution is -2.39. The van der Waals surface area contributed by atoms with Crippen LogP contribution in [0.5, 0.6) is 0 Å². The van der Waals surface area contributed by atoms with Crippen molar-refractivity contribution >= 4 is 0 Å². The molecule has 1 unspecified atom stereocenters. The maximum Gasteiger partial charge on any atom is 0.0110 e. The topological polar surface area (TPSA) is 15.3 Å². The molecule has 0 aliphatic carbocycles. The SMILES string of the molecule is CCCCN(CCNCC(C)C)C(C)CC. The molecule has 0 saturated heterocycles. The lowest BCUT2D eigenvalue weighted by Gasteiger charge is -2.28. The smallest absolute Gasteiger partial charge is 0.0110 e. The minimum absolute atomic E-state index is 0.729. The van der Waals surface area contributed by atoms with Gasteiger partial charge in [0.15, 0.2) is 0 Å². The van der Waals surface area contributed by atoms with E-state index in [1.807, 2.05) is 0 Å². The van der Waals surface area contributed by atoms with Gasteiger partial charge in [0, 0.05) is 19.1 Å². The predicted molar refractivity (Wildman–Crippen MR) is 73.9 cm³/mol. The van der Waals surface area contributed by atoms with E-state index in [2.05, 4.69) is 44.8 Å². The van der Waals surface area contributed by atoms with E-state index in [4.69, 9.17) is 0 Å². The van der Waals surface area contributed by atoms with Crippen LogP contribution in [-0.2, 0) is 0 Å². The molecule has 0 aromatic carbocycles. The fourth-order valence-corrected chi connectivity index (χ4v) is 1.79. The van der Waals surface area contributed by atoms with E-state index in [1.54, 1.807) is 0 Å². The molecule has 0 saturated carbocycles. The van der Waals surface area contributed by atoms with Crippen LogP contribution < -0.4 is 5.32 Å². The number of nitrogens with zero attached hydrogens (tertiary/aromatic N) is 1. The Labute approximate surface area is 103 Å². The Morgan fingerprint density at radius 3 is 2.25 bits per heavy atom. The van der Waals surface area contributed by atoms with Gasteiger partial charge in [0.05, 0.1) is 0 Å². The van der Waals surface area contributed by atoms with Gasteiger partial charge in [0.2, 0.25) is 0 Å². The van der Waals surface area contributed by atoms with E-state index < -0.39 is 0 Å². The summed E-state index contributed by atoms with van der Waals surface area (Å²) in [4.78, 5) is 2.62. The molecule has 0 aliphatic rings. The standard InChI is InChI=1S/C14H32N2/c1-6-8-10-16(14(5)7-2)11-9-15-12-13(3)4/h13-15H,6-12H2,1-5H3. The molecule has 2 heteroatoms. The minimum atomic E-state index is 0.729. The van der Waals surface area contributed by atoms with E-state index in [1.165, 1.54) is 32.4 Å². The van der Waals surface area contributed by atoms with Crippen LogP contribution in [0.2, 0.25) is 0 Å². The second-order valence-electron chi connectivity index (χ2n) is 5.24. The second-order valence-corrected chi connectivity index (χ2v) is 5.24. The van der Waals surface area contributed by atoms with Crippen molar-refractivity contribution in [2.24, 2.45) is 5.92 Å². The summed E-state index contributed by atoms with van der Waals surface area (Å²) in [5, 5.41) is 3.53. The van der Waals surface area contributed by atoms with Crippen molar-refractivity contribution in [1.82, 2.24) is 10.2 Å². The number of unbranched alkanes of at least 4 members (excludes halogenated alkanes) is 1. The Morgan fingerprint density at radius 2 is 1.75 bits per heavy atom. The molecule has 98 valence electrons. The van der Waals surface area contributed by atoms with E-state index >= 15 is 0 Å². The van der Waals surface area contributed by atoms with Crippen LogP contribution in [0.4, 0.5) is 0 Å². The highest BCUT2D eigenvalue weighted by atomic mass is 15.2. The van der Waals surface area contributed by atoms with E-state index in [0.29, 0.717) is 0 Å². The predicted octanol–water partition coefficient (Wildman–Crippen LogP) is 3.13. The van der Waals surface area contributed by atoms with Crippen molar-refractivity contribution in [3.63, 3.8) is 0 Å². The third-order valence-corrected chi connectivity index (χ3v) is 3.14. The molecule has 0 amide bonds. The maximum absolute atomic E-state index is 3.53. The largest absolute Gasteiger partial charge is 0.315 e. The first kappa shape index (κ1) is 15.9. The van der Waals surface area contributed by atoms with Gasteiger partial charge in [-0.1, -0.05) is 34.1 Å². The zero-order valence-electron chi connectivity index (χ0n) is 12.1. The van der Waals surface area contributed by atoms with Crippen LogP contribution in [0.15, 0.2) is 0 Å². The van der Waals surface area contributed by atoms with Crippen molar-refractivity contribution < 1.29 is 0 Å². The number of rotatable bonds is 10. The summed E-state index contributed by atoms with van der Waals surface area (Å²) in [6, 6.07) is 0.729. The average molecular weight is 228 g/mol. The normalized spacial score (nSPS) is 13.7. The molecule has 0 spiro atoms. The van der Waals surface area contributed by atoms with Gasteiger partial charge in [-0.3, -0.25) is 4.90 Å². The molecule has 1 atom stereocenters. The van der Waals surface area contributed by atoms with Crippen LogP contribution in [0.1, 0.15) is 53.9 Å². The first-order valence-electron chi connectivity index (χ1n) is 7.06. The highest BCUT2D eigenvalue weighted by molar-refractivity contribution is 4.67. The van der Waals surface area contributed by atoms with Crippen LogP contribution in [0.3, 0.4) is 0 Å². The highest BCUT2D eigenvalue weighted by Gasteiger charge is 2.10. The summed E-state index contributed by atoms with van der Waals surface area (Å²) in [5.41, 5.74) is 0. The Balaban J connectivity index is 3.73. The fourth-order valence-electron chi connectivity index (χ4n) is 1.79. The van der Waals surface area contributed by atoms with Crippen LogP contribution >= 0.6 is 0 Å². The summed E-state index contributed by atoms with van der Waals surface area (Å²) in [7, 11) is 0. The molecule has 1 N–H and O–H groups in total. The van der Waals surface area contributed by atoms with Crippen molar-refractivity contribution in [2.45, 2.75) is 59.9 Å². The zero-order valence-corrected chi connectivity index (χ0v) is 12.1. The van der Waals surface area contributed by atoms with E-state index in [-0.39, 0.29) is 0 Å². The van der Waals surface area contributed by atoms with Crippen molar-refractivity contribution in [2.75, 3.05) is 26.2 Å². The van der Waals surface area contributed by atoms with Gasteiger partial charge in [-0.15, -0.1) is 0 Å². The first-order chi connectivity index (χ1) is 7.61. The lowest BCUT2D eigenvalue weighted by molar-refractivity contribution is 0.201. The summed E-state index contributed by atoms with van der Waals surface area (Å²) >= 11 is 0. The molecular weight excluding hydrogens is 196 g/mol. The third kappa shape index (κ3) is 8.12. The molecule has 0 heterocycles. The molecule has 0 rings (SSSR count). The van der Waals surface area contributed by atoms with Gasteiger partial charge >= 0.3 is 0 Å².